The number of carboxylic acid groups (broad SMARTS) is 1. The van der Waals surface area contributed by atoms with E-state index in [1.807, 2.05) is 55.5 Å². The summed E-state index contributed by atoms with van der Waals surface area (Å²) in [4.78, 5) is 17.8. The molecule has 0 unspecified atom stereocenters. The van der Waals surface area contributed by atoms with Crippen LogP contribution in [0.5, 0.6) is 0 Å². The number of aliphatic carboxylic acids is 1. The van der Waals surface area contributed by atoms with Gasteiger partial charge in [0.1, 0.15) is 11.5 Å². The molecule has 0 bridgehead atoms. The number of fused-ring (bicyclic) bond motifs is 1. The fourth-order valence-electron chi connectivity index (χ4n) is 2.80. The summed E-state index contributed by atoms with van der Waals surface area (Å²) in [6.45, 7) is 1.82. The van der Waals surface area contributed by atoms with E-state index >= 15 is 0 Å². The van der Waals surface area contributed by atoms with Gasteiger partial charge in [-0.15, -0.1) is 0 Å². The van der Waals surface area contributed by atoms with Gasteiger partial charge in [0, 0.05) is 28.6 Å². The van der Waals surface area contributed by atoms with Crippen LogP contribution in [0.15, 0.2) is 48.5 Å². The molecule has 0 spiro atoms. The molecule has 0 atom stereocenters. The molecule has 0 radical (unpaired) electrons. The minimum absolute atomic E-state index is 0.171. The second-order valence-corrected chi connectivity index (χ2v) is 6.90. The lowest BCUT2D eigenvalue weighted by Gasteiger charge is -2.20. The Hall–Kier alpha value is -2.50. The molecular weight excluding hydrogens is 368 g/mol. The average Bonchev–Trinajstić information content (AvgIpc) is 2.60. The third-order valence-electron chi connectivity index (χ3n) is 4.06. The second-order valence-electron chi connectivity index (χ2n) is 6.11. The molecule has 1 N–H and O–H groups in total. The quantitative estimate of drug-likeness (QED) is 0.668. The van der Waals surface area contributed by atoms with Crippen molar-refractivity contribution in [2.45, 2.75) is 6.92 Å². The van der Waals surface area contributed by atoms with E-state index in [4.69, 9.17) is 33.9 Å². The van der Waals surface area contributed by atoms with Gasteiger partial charge in [-0.05, 0) is 31.2 Å². The molecule has 3 aromatic rings. The van der Waals surface area contributed by atoms with Gasteiger partial charge in [-0.3, -0.25) is 4.79 Å². The lowest BCUT2D eigenvalue weighted by Crippen LogP contribution is -2.31. The first-order chi connectivity index (χ1) is 12.4. The number of aromatic nitrogens is 1. The van der Waals surface area contributed by atoms with Crippen molar-refractivity contribution in [1.29, 1.82) is 0 Å². The maximum Gasteiger partial charge on any atom is 0.323 e. The van der Waals surface area contributed by atoms with E-state index in [2.05, 4.69) is 0 Å². The minimum atomic E-state index is -0.935. The molecule has 3 rings (SSSR count). The van der Waals surface area contributed by atoms with E-state index in [-0.39, 0.29) is 6.54 Å². The lowest BCUT2D eigenvalue weighted by atomic mass is 10.0. The van der Waals surface area contributed by atoms with E-state index in [9.17, 15) is 4.79 Å². The van der Waals surface area contributed by atoms with Crippen LogP contribution in [0.25, 0.3) is 22.2 Å². The van der Waals surface area contributed by atoms with Gasteiger partial charge in [0.05, 0.1) is 11.2 Å². The minimum Gasteiger partial charge on any atom is -0.480 e. The monoisotopic (exact) mass is 384 g/mol. The first-order valence-corrected chi connectivity index (χ1v) is 8.79. The Morgan fingerprint density at radius 3 is 2.65 bits per heavy atom. The van der Waals surface area contributed by atoms with Gasteiger partial charge in [-0.2, -0.15) is 0 Å². The molecule has 0 saturated heterocycles. The number of benzene rings is 2. The number of hydrogen-bond acceptors (Lipinski definition) is 3. The van der Waals surface area contributed by atoms with Crippen LogP contribution < -0.4 is 0 Å². The molecule has 0 aliphatic rings. The number of rotatable bonds is 4. The number of nitrogens with zero attached hydrogens (tertiary/aromatic N) is 2. The molecule has 0 aliphatic heterocycles. The lowest BCUT2D eigenvalue weighted by molar-refractivity contribution is -0.137. The van der Waals surface area contributed by atoms with Gasteiger partial charge < -0.3 is 10.0 Å². The molecule has 132 valence electrons. The predicted molar refractivity (Wildman–Crippen MR) is 109 cm³/mol. The summed E-state index contributed by atoms with van der Waals surface area (Å²) in [6.07, 6.45) is 0. The number of hydrogen-bond donors (Lipinski definition) is 1. The van der Waals surface area contributed by atoms with E-state index < -0.39 is 5.97 Å². The van der Waals surface area contributed by atoms with Crippen LogP contribution in [0.4, 0.5) is 0 Å². The van der Waals surface area contributed by atoms with Crippen molar-refractivity contribution in [3.63, 3.8) is 0 Å². The summed E-state index contributed by atoms with van der Waals surface area (Å²) in [7, 11) is 1.67. The Morgan fingerprint density at radius 1 is 1.23 bits per heavy atom. The van der Waals surface area contributed by atoms with Crippen molar-refractivity contribution in [1.82, 2.24) is 9.88 Å². The standard InChI is InChI=1S/C20H17ClN2O2S/c1-12-7-8-17-14(9-12)15(20(26)23(2)11-19(24)25)10-18(22-17)13-5-3-4-6-16(13)21/h3-10H,11H2,1-2H3,(H,24,25). The van der Waals surface area contributed by atoms with Crippen molar-refractivity contribution < 1.29 is 9.90 Å². The molecule has 4 nitrogen and oxygen atoms in total. The summed E-state index contributed by atoms with van der Waals surface area (Å²) in [5.74, 6) is -0.935. The molecule has 6 heteroatoms. The largest absolute Gasteiger partial charge is 0.480 e. The van der Waals surface area contributed by atoms with Crippen LogP contribution in [0.2, 0.25) is 5.02 Å². The van der Waals surface area contributed by atoms with E-state index in [1.54, 1.807) is 11.9 Å². The molecule has 1 heterocycles. The number of thiocarbonyl (C=S) groups is 1. The fraction of sp³-hybridized carbons (Fsp3) is 0.150. The van der Waals surface area contributed by atoms with Crippen LogP contribution in [-0.4, -0.2) is 39.5 Å². The third kappa shape index (κ3) is 3.69. The first kappa shape index (κ1) is 18.3. The number of carboxylic acids is 1. The van der Waals surface area contributed by atoms with Crippen LogP contribution in [-0.2, 0) is 4.79 Å². The Bertz CT molecular complexity index is 1020. The summed E-state index contributed by atoms with van der Waals surface area (Å²) in [5.41, 5.74) is 4.14. The molecule has 2 aromatic carbocycles. The first-order valence-electron chi connectivity index (χ1n) is 8.00. The highest BCUT2D eigenvalue weighted by Gasteiger charge is 2.17. The maximum atomic E-state index is 11.1. The highest BCUT2D eigenvalue weighted by molar-refractivity contribution is 7.80. The normalized spacial score (nSPS) is 10.7. The van der Waals surface area contributed by atoms with Gasteiger partial charge in [0.2, 0.25) is 0 Å². The molecule has 0 aliphatic carbocycles. The third-order valence-corrected chi connectivity index (χ3v) is 4.92. The number of aryl methyl sites for hydroxylation is 1. The van der Waals surface area contributed by atoms with Crippen molar-refractivity contribution in [3.05, 3.63) is 64.7 Å². The van der Waals surface area contributed by atoms with Gasteiger partial charge in [-0.25, -0.2) is 4.98 Å². The van der Waals surface area contributed by atoms with Crippen molar-refractivity contribution in [3.8, 4) is 11.3 Å². The van der Waals surface area contributed by atoms with Gasteiger partial charge >= 0.3 is 5.97 Å². The number of halogens is 1. The number of pyridine rings is 1. The summed E-state index contributed by atoms with van der Waals surface area (Å²) in [6, 6.07) is 15.3. The summed E-state index contributed by atoms with van der Waals surface area (Å²) < 4.78 is 0. The highest BCUT2D eigenvalue weighted by atomic mass is 35.5. The SMILES string of the molecule is Cc1ccc2nc(-c3ccccc3Cl)cc(C(=S)N(C)CC(=O)O)c2c1. The Kier molecular flexibility index (Phi) is 5.20. The van der Waals surface area contributed by atoms with E-state index in [0.717, 1.165) is 27.6 Å². The van der Waals surface area contributed by atoms with Gasteiger partial charge in [-0.1, -0.05) is 53.6 Å². The van der Waals surface area contributed by atoms with E-state index in [1.165, 1.54) is 0 Å². The fourth-order valence-corrected chi connectivity index (χ4v) is 3.27. The van der Waals surface area contributed by atoms with E-state index in [0.29, 0.717) is 15.7 Å². The molecule has 0 amide bonds. The molecule has 0 saturated carbocycles. The van der Waals surface area contributed by atoms with Gasteiger partial charge in [0.25, 0.3) is 0 Å². The summed E-state index contributed by atoms with van der Waals surface area (Å²) in [5, 5.41) is 10.6. The van der Waals surface area contributed by atoms with Crippen LogP contribution in [0.3, 0.4) is 0 Å². The highest BCUT2D eigenvalue weighted by Crippen LogP contribution is 2.30. The topological polar surface area (TPSA) is 53.4 Å². The predicted octanol–water partition coefficient (Wildman–Crippen LogP) is 4.56. The van der Waals surface area contributed by atoms with Gasteiger partial charge in [0.15, 0.2) is 0 Å². The maximum absolute atomic E-state index is 11.1. The van der Waals surface area contributed by atoms with Crippen molar-refractivity contribution in [2.24, 2.45) is 0 Å². The number of carbonyl (C=O) groups is 1. The zero-order valence-corrected chi connectivity index (χ0v) is 15.9. The van der Waals surface area contributed by atoms with Crippen LogP contribution >= 0.6 is 23.8 Å². The Labute approximate surface area is 162 Å². The molecule has 1 aromatic heterocycles. The Morgan fingerprint density at radius 2 is 1.96 bits per heavy atom. The average molecular weight is 385 g/mol. The van der Waals surface area contributed by atoms with Crippen molar-refractivity contribution in [2.75, 3.05) is 13.6 Å². The Balaban J connectivity index is 2.22. The second kappa shape index (κ2) is 7.40. The zero-order chi connectivity index (χ0) is 18.8. The number of likely N-dealkylation sites (N-methyl/N-ethyl adjacent to an activating group) is 1. The molecular formula is C20H17ClN2O2S. The summed E-state index contributed by atoms with van der Waals surface area (Å²) >= 11 is 11.9. The van der Waals surface area contributed by atoms with Crippen LogP contribution in [0, 0.1) is 6.92 Å². The zero-order valence-electron chi connectivity index (χ0n) is 14.4. The van der Waals surface area contributed by atoms with Crippen LogP contribution in [0.1, 0.15) is 11.1 Å². The molecule has 0 fully saturated rings. The van der Waals surface area contributed by atoms with Crippen molar-refractivity contribution >= 4 is 45.7 Å². The smallest absolute Gasteiger partial charge is 0.323 e. The molecule has 26 heavy (non-hydrogen) atoms.